The maximum Gasteiger partial charge on any atom is 0.0836 e. The molecule has 0 fully saturated rings. The zero-order valence-corrected chi connectivity index (χ0v) is 18.6. The lowest BCUT2D eigenvalue weighted by Crippen LogP contribution is -2.08. The highest BCUT2D eigenvalue weighted by Crippen LogP contribution is 2.42. The molecular formula is C32H23NO. The molecule has 0 aliphatic heterocycles. The van der Waals surface area contributed by atoms with Crippen LogP contribution in [0.25, 0.3) is 43.8 Å². The molecule has 1 heterocycles. The van der Waals surface area contributed by atoms with Crippen LogP contribution in [0.3, 0.4) is 0 Å². The molecule has 1 aromatic heterocycles. The summed E-state index contributed by atoms with van der Waals surface area (Å²) in [6.45, 7) is 0. The molecule has 6 aromatic rings. The molecule has 1 atom stereocenters. The van der Waals surface area contributed by atoms with Crippen molar-refractivity contribution in [2.75, 3.05) is 0 Å². The van der Waals surface area contributed by atoms with E-state index in [9.17, 15) is 5.11 Å². The predicted molar refractivity (Wildman–Crippen MR) is 141 cm³/mol. The molecule has 7 rings (SSSR count). The van der Waals surface area contributed by atoms with Crippen LogP contribution in [-0.2, 0) is 0 Å². The summed E-state index contributed by atoms with van der Waals surface area (Å²) < 4.78 is 2.34. The summed E-state index contributed by atoms with van der Waals surface area (Å²) >= 11 is 0. The minimum atomic E-state index is -0.478. The first-order valence-electron chi connectivity index (χ1n) is 11.8. The van der Waals surface area contributed by atoms with E-state index in [1.807, 2.05) is 0 Å². The summed E-state index contributed by atoms with van der Waals surface area (Å²) in [6, 6.07) is 38.6. The van der Waals surface area contributed by atoms with Crippen molar-refractivity contribution < 1.29 is 5.11 Å². The molecule has 2 nitrogen and oxygen atoms in total. The summed E-state index contributed by atoms with van der Waals surface area (Å²) in [5.74, 6) is 0. The first-order valence-corrected chi connectivity index (χ1v) is 11.8. The molecule has 1 aliphatic carbocycles. The van der Waals surface area contributed by atoms with Gasteiger partial charge in [0.15, 0.2) is 0 Å². The molecule has 34 heavy (non-hydrogen) atoms. The molecule has 5 aromatic carbocycles. The lowest BCUT2D eigenvalue weighted by Gasteiger charge is -2.24. The molecule has 0 saturated heterocycles. The van der Waals surface area contributed by atoms with E-state index in [0.717, 1.165) is 16.5 Å². The molecule has 0 saturated carbocycles. The van der Waals surface area contributed by atoms with Crippen LogP contribution in [0.2, 0.25) is 0 Å². The summed E-state index contributed by atoms with van der Waals surface area (Å²) in [5, 5.41) is 15.7. The van der Waals surface area contributed by atoms with E-state index in [-0.39, 0.29) is 0 Å². The predicted octanol–water partition coefficient (Wildman–Crippen LogP) is 7.81. The van der Waals surface area contributed by atoms with Crippen molar-refractivity contribution >= 4 is 38.2 Å². The molecule has 0 bridgehead atoms. The Bertz CT molecular complexity index is 1740. The second-order valence-electron chi connectivity index (χ2n) is 9.04. The molecular weight excluding hydrogens is 414 g/mol. The highest BCUT2D eigenvalue weighted by atomic mass is 16.3. The third-order valence-corrected chi connectivity index (χ3v) is 7.14. The van der Waals surface area contributed by atoms with E-state index < -0.39 is 6.10 Å². The van der Waals surface area contributed by atoms with Crippen molar-refractivity contribution in [3.8, 4) is 5.69 Å². The van der Waals surface area contributed by atoms with Crippen molar-refractivity contribution in [2.24, 2.45) is 0 Å². The van der Waals surface area contributed by atoms with Crippen LogP contribution in [0, 0.1) is 0 Å². The van der Waals surface area contributed by atoms with Gasteiger partial charge in [-0.3, -0.25) is 0 Å². The van der Waals surface area contributed by atoms with Gasteiger partial charge in [0.2, 0.25) is 0 Å². The second-order valence-corrected chi connectivity index (χ2v) is 9.04. The van der Waals surface area contributed by atoms with Crippen LogP contribution in [0.5, 0.6) is 0 Å². The average molecular weight is 438 g/mol. The fourth-order valence-electron chi connectivity index (χ4n) is 5.62. The van der Waals surface area contributed by atoms with Crippen LogP contribution < -0.4 is 0 Å². The Morgan fingerprint density at radius 3 is 2.26 bits per heavy atom. The zero-order valence-electron chi connectivity index (χ0n) is 18.6. The van der Waals surface area contributed by atoms with Crippen molar-refractivity contribution in [1.29, 1.82) is 0 Å². The zero-order chi connectivity index (χ0) is 22.6. The first-order chi connectivity index (χ1) is 16.8. The largest absolute Gasteiger partial charge is 0.388 e. The van der Waals surface area contributed by atoms with E-state index in [0.29, 0.717) is 6.42 Å². The standard InChI is InChI=1S/C32H23NO/c34-31-19-17-24(27-16-14-21-8-4-5-11-25(21)32(27)31)22-15-18-30-28(20-22)26-12-6-7-13-29(26)33(30)23-9-2-1-3-10-23/h1-18,20,31,34H,19H2. The second kappa shape index (κ2) is 7.44. The van der Waals surface area contributed by atoms with Gasteiger partial charge < -0.3 is 9.67 Å². The number of aromatic nitrogens is 1. The number of aliphatic hydroxyl groups is 1. The van der Waals surface area contributed by atoms with Gasteiger partial charge in [-0.2, -0.15) is 0 Å². The monoisotopic (exact) mass is 437 g/mol. The first kappa shape index (κ1) is 19.3. The number of fused-ring (bicyclic) bond motifs is 6. The third-order valence-electron chi connectivity index (χ3n) is 7.14. The molecule has 0 spiro atoms. The fraction of sp³-hybridized carbons (Fsp3) is 0.0625. The van der Waals surface area contributed by atoms with Gasteiger partial charge in [0, 0.05) is 16.5 Å². The van der Waals surface area contributed by atoms with Gasteiger partial charge in [0.1, 0.15) is 0 Å². The maximum atomic E-state index is 10.9. The Morgan fingerprint density at radius 1 is 0.647 bits per heavy atom. The molecule has 162 valence electrons. The number of benzene rings is 5. The van der Waals surface area contributed by atoms with Gasteiger partial charge >= 0.3 is 0 Å². The molecule has 1 unspecified atom stereocenters. The van der Waals surface area contributed by atoms with Crippen LogP contribution in [-0.4, -0.2) is 9.67 Å². The van der Waals surface area contributed by atoms with Gasteiger partial charge in [-0.1, -0.05) is 84.9 Å². The van der Waals surface area contributed by atoms with E-state index in [2.05, 4.69) is 120 Å². The average Bonchev–Trinajstić information content (AvgIpc) is 3.23. The lowest BCUT2D eigenvalue weighted by atomic mass is 9.82. The highest BCUT2D eigenvalue weighted by molar-refractivity contribution is 6.10. The molecule has 0 amide bonds. The number of para-hydroxylation sites is 2. The number of hydrogen-bond acceptors (Lipinski definition) is 1. The topological polar surface area (TPSA) is 25.2 Å². The van der Waals surface area contributed by atoms with Crippen molar-refractivity contribution in [2.45, 2.75) is 12.5 Å². The van der Waals surface area contributed by atoms with Crippen LogP contribution in [0.4, 0.5) is 0 Å². The summed E-state index contributed by atoms with van der Waals surface area (Å²) in [7, 11) is 0. The van der Waals surface area contributed by atoms with Gasteiger partial charge in [-0.05, 0) is 69.8 Å². The van der Waals surface area contributed by atoms with E-state index in [1.54, 1.807) is 0 Å². The summed E-state index contributed by atoms with van der Waals surface area (Å²) in [5.41, 5.74) is 8.13. The number of hydrogen-bond donors (Lipinski definition) is 1. The Morgan fingerprint density at radius 2 is 1.38 bits per heavy atom. The minimum Gasteiger partial charge on any atom is -0.388 e. The van der Waals surface area contributed by atoms with E-state index in [1.165, 1.54) is 44.0 Å². The molecule has 2 heteroatoms. The minimum absolute atomic E-state index is 0.478. The highest BCUT2D eigenvalue weighted by Gasteiger charge is 2.23. The Hall–Kier alpha value is -4.14. The number of aliphatic hydroxyl groups excluding tert-OH is 1. The maximum absolute atomic E-state index is 10.9. The SMILES string of the molecule is OC1CC=C(c2ccc3c(c2)c2ccccc2n3-c2ccccc2)c2ccc3ccccc3c21. The van der Waals surface area contributed by atoms with Crippen LogP contribution in [0.1, 0.15) is 29.2 Å². The van der Waals surface area contributed by atoms with Crippen LogP contribution in [0.15, 0.2) is 115 Å². The molecule has 1 aliphatic rings. The van der Waals surface area contributed by atoms with Crippen molar-refractivity contribution in [3.63, 3.8) is 0 Å². The summed E-state index contributed by atoms with van der Waals surface area (Å²) in [6.07, 6.45) is 2.34. The summed E-state index contributed by atoms with van der Waals surface area (Å²) in [4.78, 5) is 0. The van der Waals surface area contributed by atoms with E-state index >= 15 is 0 Å². The van der Waals surface area contributed by atoms with Crippen molar-refractivity contribution in [1.82, 2.24) is 4.57 Å². The van der Waals surface area contributed by atoms with Gasteiger partial charge in [-0.15, -0.1) is 0 Å². The Kier molecular flexibility index (Phi) is 4.23. The Balaban J connectivity index is 1.47. The van der Waals surface area contributed by atoms with E-state index in [4.69, 9.17) is 0 Å². The number of nitrogens with zero attached hydrogens (tertiary/aromatic N) is 1. The van der Waals surface area contributed by atoms with Gasteiger partial charge in [-0.25, -0.2) is 0 Å². The third kappa shape index (κ3) is 2.79. The number of rotatable bonds is 2. The fourth-order valence-corrected chi connectivity index (χ4v) is 5.62. The van der Waals surface area contributed by atoms with Crippen molar-refractivity contribution in [3.05, 3.63) is 132 Å². The Labute approximate surface area is 198 Å². The smallest absolute Gasteiger partial charge is 0.0836 e. The normalized spacial score (nSPS) is 15.6. The quantitative estimate of drug-likeness (QED) is 0.294. The van der Waals surface area contributed by atoms with Crippen LogP contribution >= 0.6 is 0 Å². The van der Waals surface area contributed by atoms with Gasteiger partial charge in [0.25, 0.3) is 0 Å². The lowest BCUT2D eigenvalue weighted by molar-refractivity contribution is 0.181. The molecule has 1 N–H and O–H groups in total. The molecule has 0 radical (unpaired) electrons. The van der Waals surface area contributed by atoms with Gasteiger partial charge in [0.05, 0.1) is 17.1 Å².